The van der Waals surface area contributed by atoms with E-state index in [1.54, 1.807) is 0 Å². The first-order chi connectivity index (χ1) is 15.9. The molecule has 2 spiro atoms. The molecule has 1 amide bonds. The van der Waals surface area contributed by atoms with Gasteiger partial charge in [-0.2, -0.15) is 0 Å². The largest absolute Gasteiger partial charge is 0.453 e. The average molecular weight is 474 g/mol. The maximum absolute atomic E-state index is 11.6. The van der Waals surface area contributed by atoms with E-state index in [0.29, 0.717) is 52.1 Å². The molecule has 192 valence electrons. The van der Waals surface area contributed by atoms with Gasteiger partial charge in [-0.05, 0) is 109 Å². The van der Waals surface area contributed by atoms with Crippen molar-refractivity contribution >= 4 is 6.09 Å². The summed E-state index contributed by atoms with van der Waals surface area (Å²) < 4.78 is 11.6. The number of ether oxygens (including phenoxy) is 2. The molecule has 5 nitrogen and oxygen atoms in total. The minimum absolute atomic E-state index is 0.0511. The van der Waals surface area contributed by atoms with Gasteiger partial charge in [-0.25, -0.2) is 4.79 Å². The number of nitrogens with one attached hydrogen (secondary N) is 1. The number of carbonyl (C=O) groups excluding carboxylic acids is 1. The Morgan fingerprint density at radius 3 is 2.47 bits per heavy atom. The van der Waals surface area contributed by atoms with Crippen molar-refractivity contribution < 1.29 is 19.4 Å². The third-order valence-corrected chi connectivity index (χ3v) is 13.4. The van der Waals surface area contributed by atoms with Crippen molar-refractivity contribution in [3.63, 3.8) is 0 Å². The summed E-state index contributed by atoms with van der Waals surface area (Å²) in [6.45, 7) is 13.0. The van der Waals surface area contributed by atoms with Crippen molar-refractivity contribution in [2.75, 3.05) is 13.7 Å². The Bertz CT molecular complexity index is 874. The molecule has 0 aromatic rings. The van der Waals surface area contributed by atoms with E-state index in [1.165, 1.54) is 52.1 Å². The van der Waals surface area contributed by atoms with Gasteiger partial charge in [-0.1, -0.05) is 34.6 Å². The molecule has 1 saturated heterocycles. The zero-order chi connectivity index (χ0) is 24.3. The normalized spacial score (nSPS) is 56.7. The van der Waals surface area contributed by atoms with Crippen molar-refractivity contribution in [2.45, 2.75) is 111 Å². The lowest BCUT2D eigenvalue weighted by molar-refractivity contribution is -0.166. The highest BCUT2D eigenvalue weighted by atomic mass is 16.5. The van der Waals surface area contributed by atoms with Crippen molar-refractivity contribution in [3.05, 3.63) is 0 Å². The quantitative estimate of drug-likeness (QED) is 0.552. The number of amides is 1. The van der Waals surface area contributed by atoms with Gasteiger partial charge in [0.05, 0.1) is 25.4 Å². The van der Waals surface area contributed by atoms with Crippen molar-refractivity contribution in [3.8, 4) is 0 Å². The molecule has 9 unspecified atom stereocenters. The lowest BCUT2D eigenvalue weighted by Gasteiger charge is -2.63. The number of hydrogen-bond donors (Lipinski definition) is 2. The van der Waals surface area contributed by atoms with Gasteiger partial charge in [-0.15, -0.1) is 0 Å². The van der Waals surface area contributed by atoms with Crippen molar-refractivity contribution in [1.29, 1.82) is 0 Å². The highest BCUT2D eigenvalue weighted by molar-refractivity contribution is 5.66. The summed E-state index contributed by atoms with van der Waals surface area (Å²) in [6, 6.07) is 0. The van der Waals surface area contributed by atoms with Crippen LogP contribution < -0.4 is 5.32 Å². The van der Waals surface area contributed by atoms with E-state index in [1.807, 2.05) is 0 Å². The van der Waals surface area contributed by atoms with E-state index in [-0.39, 0.29) is 23.7 Å². The maximum Gasteiger partial charge on any atom is 0.406 e. The van der Waals surface area contributed by atoms with Gasteiger partial charge in [0.15, 0.2) is 0 Å². The summed E-state index contributed by atoms with van der Waals surface area (Å²) in [5.74, 6) is 2.69. The summed E-state index contributed by atoms with van der Waals surface area (Å²) in [5.41, 5.74) is 1.68. The van der Waals surface area contributed by atoms with Crippen LogP contribution in [0.15, 0.2) is 0 Å². The molecule has 6 rings (SSSR count). The third kappa shape index (κ3) is 2.67. The second-order valence-electron chi connectivity index (χ2n) is 14.5. The first kappa shape index (κ1) is 23.6. The molecule has 0 aromatic carbocycles. The number of rotatable bonds is 2. The van der Waals surface area contributed by atoms with Gasteiger partial charge in [0.1, 0.15) is 0 Å². The zero-order valence-corrected chi connectivity index (χ0v) is 22.3. The van der Waals surface area contributed by atoms with Gasteiger partial charge >= 0.3 is 6.09 Å². The van der Waals surface area contributed by atoms with Crippen LogP contribution in [0, 0.1) is 50.7 Å². The SMILES string of the molecule is COC(=O)NCC1C[C@@H](C)C2C(C[C@@]3(C)C4CCC5C(C)(C)C(O)CCC56CC46CCC23C)O1. The average Bonchev–Trinajstić information content (AvgIpc) is 3.38. The van der Waals surface area contributed by atoms with Crippen LogP contribution in [0.3, 0.4) is 0 Å². The van der Waals surface area contributed by atoms with Gasteiger partial charge < -0.3 is 19.9 Å². The molecular formula is C29H47NO4. The summed E-state index contributed by atoms with van der Waals surface area (Å²) in [4.78, 5) is 11.6. The van der Waals surface area contributed by atoms with Crippen LogP contribution in [-0.2, 0) is 9.47 Å². The number of fused-ring (bicyclic) bond motifs is 4. The van der Waals surface area contributed by atoms with Crippen molar-refractivity contribution in [1.82, 2.24) is 5.32 Å². The Labute approximate surface area is 206 Å². The Morgan fingerprint density at radius 2 is 1.74 bits per heavy atom. The van der Waals surface area contributed by atoms with E-state index in [2.05, 4.69) is 39.9 Å². The van der Waals surface area contributed by atoms with Gasteiger partial charge in [0.25, 0.3) is 0 Å². The topological polar surface area (TPSA) is 67.8 Å². The van der Waals surface area contributed by atoms with E-state index < -0.39 is 0 Å². The van der Waals surface area contributed by atoms with Crippen LogP contribution in [0.4, 0.5) is 4.79 Å². The molecule has 2 N–H and O–H groups in total. The van der Waals surface area contributed by atoms with Crippen LogP contribution in [-0.4, -0.2) is 43.2 Å². The standard InChI is InChI=1S/C29H47NO4/c1-17-13-18(15-30-24(32)33-6)34-19-14-27(5)21-8-7-20-25(2,3)22(31)9-10-28(20)16-29(21,28)12-11-26(27,4)23(17)19/h17-23,31H,7-16H2,1-6H3,(H,30,32)/t17-,18?,19?,20?,21?,22?,23?,26?,27+,28?,29?/m1/s1. The monoisotopic (exact) mass is 473 g/mol. The number of alkyl carbamates (subject to hydrolysis) is 1. The highest BCUT2D eigenvalue weighted by Gasteiger charge is 2.83. The van der Waals surface area contributed by atoms with Gasteiger partial charge in [0.2, 0.25) is 0 Å². The first-order valence-electron chi connectivity index (χ1n) is 14.1. The van der Waals surface area contributed by atoms with Crippen LogP contribution in [0.1, 0.15) is 92.4 Å². The zero-order valence-electron chi connectivity index (χ0n) is 22.3. The molecule has 1 heterocycles. The Hall–Kier alpha value is -0.810. The van der Waals surface area contributed by atoms with Crippen LogP contribution >= 0.6 is 0 Å². The first-order valence-corrected chi connectivity index (χ1v) is 14.1. The molecule has 5 saturated carbocycles. The number of methoxy groups -OCH3 is 1. The predicted molar refractivity (Wildman–Crippen MR) is 131 cm³/mol. The Balaban J connectivity index is 1.28. The van der Waals surface area contributed by atoms with Crippen LogP contribution in [0.2, 0.25) is 0 Å². The molecule has 0 aromatic heterocycles. The third-order valence-electron chi connectivity index (χ3n) is 13.4. The summed E-state index contributed by atoms with van der Waals surface area (Å²) in [7, 11) is 1.42. The van der Waals surface area contributed by atoms with Crippen molar-refractivity contribution in [2.24, 2.45) is 50.7 Å². The fourth-order valence-electron chi connectivity index (χ4n) is 11.8. The van der Waals surface area contributed by atoms with Crippen LogP contribution in [0.5, 0.6) is 0 Å². The lowest BCUT2D eigenvalue weighted by Crippen LogP contribution is -2.58. The number of hydrogen-bond acceptors (Lipinski definition) is 4. The number of aliphatic hydroxyl groups excluding tert-OH is 1. The minimum Gasteiger partial charge on any atom is -0.453 e. The molecule has 6 fully saturated rings. The van der Waals surface area contributed by atoms with E-state index in [0.717, 1.165) is 18.8 Å². The molecule has 0 radical (unpaired) electrons. The molecule has 0 bridgehead atoms. The lowest BCUT2D eigenvalue weighted by atomic mass is 9.41. The maximum atomic E-state index is 11.6. The fraction of sp³-hybridized carbons (Fsp3) is 0.966. The molecule has 5 aliphatic carbocycles. The molecular weight excluding hydrogens is 426 g/mol. The summed E-state index contributed by atoms with van der Waals surface area (Å²) in [6.07, 6.45) is 11.1. The Morgan fingerprint density at radius 1 is 1.03 bits per heavy atom. The van der Waals surface area contributed by atoms with Crippen LogP contribution in [0.25, 0.3) is 0 Å². The second kappa shape index (κ2) is 7.15. The summed E-state index contributed by atoms with van der Waals surface area (Å²) in [5, 5.41) is 13.8. The highest BCUT2D eigenvalue weighted by Crippen LogP contribution is 2.89. The molecule has 1 aliphatic heterocycles. The molecule has 5 heteroatoms. The fourth-order valence-corrected chi connectivity index (χ4v) is 11.8. The number of aliphatic hydroxyl groups is 1. The second-order valence-corrected chi connectivity index (χ2v) is 14.5. The smallest absolute Gasteiger partial charge is 0.406 e. The van der Waals surface area contributed by atoms with E-state index in [4.69, 9.17) is 9.47 Å². The number of carbonyl (C=O) groups is 1. The predicted octanol–water partition coefficient (Wildman–Crippen LogP) is 5.55. The van der Waals surface area contributed by atoms with Gasteiger partial charge in [-0.3, -0.25) is 0 Å². The summed E-state index contributed by atoms with van der Waals surface area (Å²) >= 11 is 0. The van der Waals surface area contributed by atoms with E-state index in [9.17, 15) is 9.90 Å². The molecule has 6 aliphatic rings. The minimum atomic E-state index is -0.365. The van der Waals surface area contributed by atoms with Gasteiger partial charge in [0, 0.05) is 6.54 Å². The Kier molecular flexibility index (Phi) is 4.96. The molecule has 34 heavy (non-hydrogen) atoms. The van der Waals surface area contributed by atoms with E-state index >= 15 is 0 Å². The molecule has 11 atom stereocenters.